The van der Waals surface area contributed by atoms with Crippen LogP contribution in [0.15, 0.2) is 40.5 Å². The normalized spacial score (nSPS) is 15.8. The Kier molecular flexibility index (Phi) is 7.11. The van der Waals surface area contributed by atoms with Gasteiger partial charge in [-0.25, -0.2) is 4.68 Å². The Hall–Kier alpha value is -2.84. The number of hydrogen-bond acceptors (Lipinski definition) is 6. The van der Waals surface area contributed by atoms with Gasteiger partial charge in [0.2, 0.25) is 0 Å². The summed E-state index contributed by atoms with van der Waals surface area (Å²) in [6.07, 6.45) is 6.86. The van der Waals surface area contributed by atoms with E-state index in [0.29, 0.717) is 12.6 Å². The van der Waals surface area contributed by atoms with Gasteiger partial charge in [0.25, 0.3) is 5.56 Å². The molecule has 1 aromatic carbocycles. The number of tetrazole rings is 1. The molecule has 1 aliphatic carbocycles. The minimum Gasteiger partial charge on any atom is -0.321 e. The van der Waals surface area contributed by atoms with Gasteiger partial charge in [0.1, 0.15) is 0 Å². The van der Waals surface area contributed by atoms with E-state index in [1.807, 2.05) is 6.92 Å². The van der Waals surface area contributed by atoms with Gasteiger partial charge >= 0.3 is 0 Å². The number of thiophene rings is 1. The highest BCUT2D eigenvalue weighted by Crippen LogP contribution is 2.33. The van der Waals surface area contributed by atoms with E-state index in [0.717, 1.165) is 53.7 Å². The molecule has 0 saturated heterocycles. The smallest absolute Gasteiger partial charge is 0.252 e. The standard InChI is InChI=1S/C27H34N6OS/c1-4-24(26-29-30-31-33(26)22-9-6-5-7-10-22)32(17-23-11-8-12-35-23)16-21-15-20-14-18(2)13-19(3)25(20)28-27(21)34/h8,11-15,22,24H,4-7,9-10,16-17H2,1-3H3,(H,28,34)/t24-/m0/s1. The number of pyridine rings is 1. The maximum atomic E-state index is 13.2. The Balaban J connectivity index is 1.52. The van der Waals surface area contributed by atoms with Crippen LogP contribution in [0.25, 0.3) is 10.9 Å². The molecule has 0 aliphatic heterocycles. The summed E-state index contributed by atoms with van der Waals surface area (Å²) in [5.41, 5.74) is 3.96. The summed E-state index contributed by atoms with van der Waals surface area (Å²) >= 11 is 1.74. The number of aryl methyl sites for hydroxylation is 2. The maximum absolute atomic E-state index is 13.2. The topological polar surface area (TPSA) is 79.7 Å². The van der Waals surface area contributed by atoms with E-state index in [1.54, 1.807) is 11.3 Å². The van der Waals surface area contributed by atoms with Crippen molar-refractivity contribution in [1.29, 1.82) is 0 Å². The van der Waals surface area contributed by atoms with Crippen molar-refractivity contribution in [3.63, 3.8) is 0 Å². The first kappa shape index (κ1) is 23.9. The van der Waals surface area contributed by atoms with Gasteiger partial charge < -0.3 is 4.98 Å². The quantitative estimate of drug-likeness (QED) is 0.335. The van der Waals surface area contributed by atoms with Gasteiger partial charge in [0.15, 0.2) is 5.82 Å². The lowest BCUT2D eigenvalue weighted by atomic mass is 9.95. The number of hydrogen-bond donors (Lipinski definition) is 1. The zero-order valence-electron chi connectivity index (χ0n) is 20.8. The molecular weight excluding hydrogens is 456 g/mol. The van der Waals surface area contributed by atoms with E-state index in [1.165, 1.54) is 29.7 Å². The summed E-state index contributed by atoms with van der Waals surface area (Å²) in [6.45, 7) is 7.61. The molecule has 5 rings (SSSR count). The van der Waals surface area contributed by atoms with Crippen LogP contribution in [0.2, 0.25) is 0 Å². The summed E-state index contributed by atoms with van der Waals surface area (Å²) < 4.78 is 2.08. The highest BCUT2D eigenvalue weighted by Gasteiger charge is 2.29. The molecule has 3 aromatic heterocycles. The first-order valence-electron chi connectivity index (χ1n) is 12.7. The van der Waals surface area contributed by atoms with Gasteiger partial charge in [-0.15, -0.1) is 16.4 Å². The van der Waals surface area contributed by atoms with E-state index in [4.69, 9.17) is 0 Å². The highest BCUT2D eigenvalue weighted by molar-refractivity contribution is 7.09. The zero-order valence-corrected chi connectivity index (χ0v) is 21.6. The van der Waals surface area contributed by atoms with E-state index in [9.17, 15) is 4.79 Å². The van der Waals surface area contributed by atoms with Crippen molar-refractivity contribution in [1.82, 2.24) is 30.1 Å². The minimum absolute atomic E-state index is 0.0170. The molecule has 1 saturated carbocycles. The minimum atomic E-state index is -0.0256. The molecule has 0 bridgehead atoms. The van der Waals surface area contributed by atoms with Crippen molar-refractivity contribution in [2.24, 2.45) is 0 Å². The van der Waals surface area contributed by atoms with Crippen LogP contribution in [0.1, 0.15) is 84.9 Å². The Bertz CT molecular complexity index is 1340. The van der Waals surface area contributed by atoms with Crippen LogP contribution in [0.3, 0.4) is 0 Å². The lowest BCUT2D eigenvalue weighted by Gasteiger charge is -2.31. The van der Waals surface area contributed by atoms with Crippen molar-refractivity contribution in [2.75, 3.05) is 0 Å². The third-order valence-corrected chi connectivity index (χ3v) is 8.11. The van der Waals surface area contributed by atoms with Gasteiger partial charge in [-0.2, -0.15) is 0 Å². The van der Waals surface area contributed by atoms with Crippen LogP contribution in [0.4, 0.5) is 0 Å². The van der Waals surface area contributed by atoms with Crippen LogP contribution in [0, 0.1) is 13.8 Å². The van der Waals surface area contributed by atoms with Crippen molar-refractivity contribution >= 4 is 22.2 Å². The van der Waals surface area contributed by atoms with E-state index < -0.39 is 0 Å². The van der Waals surface area contributed by atoms with Crippen molar-refractivity contribution in [3.05, 3.63) is 73.5 Å². The number of aromatic amines is 1. The summed E-state index contributed by atoms with van der Waals surface area (Å²) in [5, 5.41) is 16.2. The van der Waals surface area contributed by atoms with Crippen LogP contribution < -0.4 is 5.56 Å². The summed E-state index contributed by atoms with van der Waals surface area (Å²) in [7, 11) is 0. The fraction of sp³-hybridized carbons (Fsp3) is 0.481. The fourth-order valence-corrected chi connectivity index (χ4v) is 6.29. The molecule has 8 heteroatoms. The molecule has 3 heterocycles. The van der Waals surface area contributed by atoms with Crippen molar-refractivity contribution < 1.29 is 0 Å². The average molecular weight is 491 g/mol. The Morgan fingerprint density at radius 1 is 1.17 bits per heavy atom. The number of rotatable bonds is 8. The number of aromatic nitrogens is 5. The molecule has 1 N–H and O–H groups in total. The Labute approximate surface area is 210 Å². The molecule has 1 aliphatic rings. The second-order valence-corrected chi connectivity index (χ2v) is 10.9. The fourth-order valence-electron chi connectivity index (χ4n) is 5.56. The largest absolute Gasteiger partial charge is 0.321 e. The van der Waals surface area contributed by atoms with Crippen molar-refractivity contribution in [3.8, 4) is 0 Å². The Morgan fingerprint density at radius 3 is 2.74 bits per heavy atom. The molecule has 7 nitrogen and oxygen atoms in total. The van der Waals surface area contributed by atoms with E-state index >= 15 is 0 Å². The van der Waals surface area contributed by atoms with Gasteiger partial charge in [-0.1, -0.05) is 43.9 Å². The summed E-state index contributed by atoms with van der Waals surface area (Å²) in [6, 6.07) is 10.9. The second kappa shape index (κ2) is 10.4. The summed E-state index contributed by atoms with van der Waals surface area (Å²) in [5.74, 6) is 0.917. The molecule has 0 amide bonds. The predicted octanol–water partition coefficient (Wildman–Crippen LogP) is 5.85. The number of nitrogens with zero attached hydrogens (tertiary/aromatic N) is 5. The molecule has 1 fully saturated rings. The van der Waals surface area contributed by atoms with Crippen LogP contribution in [0.5, 0.6) is 0 Å². The van der Waals surface area contributed by atoms with Crippen LogP contribution >= 0.6 is 11.3 Å². The van der Waals surface area contributed by atoms with Gasteiger partial charge in [0.05, 0.1) is 17.6 Å². The monoisotopic (exact) mass is 490 g/mol. The lowest BCUT2D eigenvalue weighted by Crippen LogP contribution is -2.33. The molecule has 4 aromatic rings. The molecular formula is C27H34N6OS. The first-order chi connectivity index (χ1) is 17.0. The average Bonchev–Trinajstić information content (AvgIpc) is 3.54. The van der Waals surface area contributed by atoms with Gasteiger partial charge in [-0.05, 0) is 78.1 Å². The predicted molar refractivity (Wildman–Crippen MR) is 141 cm³/mol. The summed E-state index contributed by atoms with van der Waals surface area (Å²) in [4.78, 5) is 20.0. The van der Waals surface area contributed by atoms with Crippen LogP contribution in [-0.4, -0.2) is 30.1 Å². The Morgan fingerprint density at radius 2 is 2.00 bits per heavy atom. The van der Waals surface area contributed by atoms with E-state index in [-0.39, 0.29) is 11.6 Å². The van der Waals surface area contributed by atoms with Crippen molar-refractivity contribution in [2.45, 2.75) is 84.5 Å². The number of benzene rings is 1. The number of H-pyrrole nitrogens is 1. The highest BCUT2D eigenvalue weighted by atomic mass is 32.1. The zero-order chi connectivity index (χ0) is 24.4. The number of nitrogens with one attached hydrogen (secondary N) is 1. The van der Waals surface area contributed by atoms with Gasteiger partial charge in [0, 0.05) is 23.5 Å². The molecule has 1 atom stereocenters. The van der Waals surface area contributed by atoms with Crippen LogP contribution in [-0.2, 0) is 13.1 Å². The third kappa shape index (κ3) is 5.09. The molecule has 35 heavy (non-hydrogen) atoms. The van der Waals surface area contributed by atoms with E-state index in [2.05, 4.69) is 79.7 Å². The number of fused-ring (bicyclic) bond motifs is 1. The first-order valence-corrected chi connectivity index (χ1v) is 13.6. The van der Waals surface area contributed by atoms with Gasteiger partial charge in [-0.3, -0.25) is 9.69 Å². The molecule has 0 unspecified atom stereocenters. The maximum Gasteiger partial charge on any atom is 0.252 e. The molecule has 184 valence electrons. The third-order valence-electron chi connectivity index (χ3n) is 7.25. The second-order valence-electron chi connectivity index (χ2n) is 9.85. The SMILES string of the molecule is CC[C@@H](c1nnnn1C1CCCCC1)N(Cc1cccs1)Cc1cc2cc(C)cc(C)c2[nH]c1=O. The lowest BCUT2D eigenvalue weighted by molar-refractivity contribution is 0.157. The molecule has 0 spiro atoms. The molecule has 0 radical (unpaired) electrons.